The second-order valence-corrected chi connectivity index (χ2v) is 15.8. The third kappa shape index (κ3) is 4.67. The Hall–Kier alpha value is -7.00. The molecule has 2 heteroatoms. The van der Waals surface area contributed by atoms with Crippen molar-refractivity contribution in [2.24, 2.45) is 0 Å². The van der Waals surface area contributed by atoms with Crippen LogP contribution in [-0.2, 0) is 0 Å². The van der Waals surface area contributed by atoms with Gasteiger partial charge < -0.3 is 4.42 Å². The molecule has 0 radical (unpaired) electrons. The van der Waals surface area contributed by atoms with Crippen molar-refractivity contribution in [3.05, 3.63) is 194 Å². The third-order valence-corrected chi connectivity index (χ3v) is 12.8. The zero-order valence-corrected chi connectivity index (χ0v) is 31.1. The summed E-state index contributed by atoms with van der Waals surface area (Å²) in [6, 6.07) is 71.1. The first-order chi connectivity index (χ1) is 27.8. The lowest BCUT2D eigenvalue weighted by molar-refractivity contribution is 0.669. The summed E-state index contributed by atoms with van der Waals surface area (Å²) in [5, 5.41) is 12.2. The molecule has 0 spiro atoms. The Balaban J connectivity index is 1.18. The fourth-order valence-electron chi connectivity index (χ4n) is 9.22. The van der Waals surface area contributed by atoms with E-state index in [1.807, 2.05) is 11.3 Å². The molecule has 260 valence electrons. The van der Waals surface area contributed by atoms with Gasteiger partial charge in [-0.05, 0) is 113 Å². The van der Waals surface area contributed by atoms with Gasteiger partial charge in [0.15, 0.2) is 0 Å². The average Bonchev–Trinajstić information content (AvgIpc) is 3.82. The van der Waals surface area contributed by atoms with E-state index in [9.17, 15) is 0 Å². The van der Waals surface area contributed by atoms with Gasteiger partial charge in [-0.25, -0.2) is 0 Å². The van der Waals surface area contributed by atoms with E-state index >= 15 is 0 Å². The van der Waals surface area contributed by atoms with Gasteiger partial charge in [0.1, 0.15) is 11.2 Å². The standard InChI is InChI=1S/C54H32OS/c1-2-16-35-33(14-1)15-13-25-37(35)45-31-46-38-18-9-11-26-49(38)55-50(46)32-48(45)54-43-23-7-5-21-41(43)53(42-22-6-8-24-44(42)54)40-20-4-3-17-36(40)34-28-29-52-47(30-34)39-19-10-12-27-51(39)56-52/h1-32H. The van der Waals surface area contributed by atoms with Crippen LogP contribution in [0, 0.1) is 0 Å². The average molecular weight is 729 g/mol. The SMILES string of the molecule is c1ccc(-c2c3ccccc3c(-c3cc4oc5ccccc5c4cc3-c3cccc4ccccc34)c3ccccc23)c(-c2ccc3sc4ccccc4c3c2)c1. The number of rotatable bonds is 4. The number of furan rings is 1. The Morgan fingerprint density at radius 1 is 0.286 bits per heavy atom. The van der Waals surface area contributed by atoms with Crippen molar-refractivity contribution in [1.29, 1.82) is 0 Å². The number of hydrogen-bond donors (Lipinski definition) is 0. The summed E-state index contributed by atoms with van der Waals surface area (Å²) < 4.78 is 9.27. The van der Waals surface area contributed by atoms with Crippen molar-refractivity contribution < 1.29 is 4.42 Å². The quantitative estimate of drug-likeness (QED) is 0.165. The second-order valence-electron chi connectivity index (χ2n) is 14.7. The monoisotopic (exact) mass is 728 g/mol. The van der Waals surface area contributed by atoms with Gasteiger partial charge in [-0.2, -0.15) is 0 Å². The minimum atomic E-state index is 0.893. The lowest BCUT2D eigenvalue weighted by Gasteiger charge is -2.21. The first-order valence-electron chi connectivity index (χ1n) is 19.2. The second kappa shape index (κ2) is 12.3. The topological polar surface area (TPSA) is 13.1 Å². The van der Waals surface area contributed by atoms with Crippen LogP contribution in [0.4, 0.5) is 0 Å². The van der Waals surface area contributed by atoms with Crippen molar-refractivity contribution in [2.75, 3.05) is 0 Å². The van der Waals surface area contributed by atoms with Gasteiger partial charge >= 0.3 is 0 Å². The van der Waals surface area contributed by atoms with Crippen LogP contribution < -0.4 is 0 Å². The molecule has 10 aromatic carbocycles. The number of para-hydroxylation sites is 1. The summed E-state index contributed by atoms with van der Waals surface area (Å²) in [4.78, 5) is 0. The van der Waals surface area contributed by atoms with Crippen LogP contribution >= 0.6 is 11.3 Å². The molecule has 2 heterocycles. The maximum Gasteiger partial charge on any atom is 0.136 e. The van der Waals surface area contributed by atoms with Crippen LogP contribution in [0.3, 0.4) is 0 Å². The number of hydrogen-bond acceptors (Lipinski definition) is 2. The Kier molecular flexibility index (Phi) is 6.87. The van der Waals surface area contributed by atoms with Gasteiger partial charge in [-0.15, -0.1) is 11.3 Å². The number of fused-ring (bicyclic) bond motifs is 9. The normalized spacial score (nSPS) is 11.9. The summed E-state index contributed by atoms with van der Waals surface area (Å²) >= 11 is 1.86. The lowest BCUT2D eigenvalue weighted by atomic mass is 9.81. The van der Waals surface area contributed by atoms with Crippen LogP contribution in [0.2, 0.25) is 0 Å². The first kappa shape index (κ1) is 31.4. The molecule has 0 saturated carbocycles. The molecule has 12 rings (SSSR count). The Labute approximate surface area is 327 Å². The summed E-state index contributed by atoms with van der Waals surface area (Å²) in [5.41, 5.74) is 11.5. The fraction of sp³-hybridized carbons (Fsp3) is 0. The van der Waals surface area contributed by atoms with Crippen LogP contribution in [0.5, 0.6) is 0 Å². The minimum Gasteiger partial charge on any atom is -0.456 e. The number of thiophene rings is 1. The molecule has 0 atom stereocenters. The van der Waals surface area contributed by atoms with Crippen LogP contribution in [0.25, 0.3) is 119 Å². The van der Waals surface area contributed by atoms with Crippen molar-refractivity contribution in [3.63, 3.8) is 0 Å². The first-order valence-corrected chi connectivity index (χ1v) is 20.0. The van der Waals surface area contributed by atoms with E-state index in [1.165, 1.54) is 91.4 Å². The molecule has 2 aromatic heterocycles. The fourth-order valence-corrected chi connectivity index (χ4v) is 10.3. The van der Waals surface area contributed by atoms with E-state index in [0.717, 1.165) is 27.5 Å². The molecule has 0 aliphatic rings. The van der Waals surface area contributed by atoms with E-state index in [4.69, 9.17) is 4.42 Å². The van der Waals surface area contributed by atoms with Gasteiger partial charge in [-0.3, -0.25) is 0 Å². The van der Waals surface area contributed by atoms with Crippen molar-refractivity contribution in [3.8, 4) is 44.5 Å². The van der Waals surface area contributed by atoms with Crippen LogP contribution in [0.1, 0.15) is 0 Å². The van der Waals surface area contributed by atoms with E-state index in [-0.39, 0.29) is 0 Å². The Morgan fingerprint density at radius 2 is 0.839 bits per heavy atom. The molecule has 0 unspecified atom stereocenters. The van der Waals surface area contributed by atoms with Crippen molar-refractivity contribution in [2.45, 2.75) is 0 Å². The summed E-state index contributed by atoms with van der Waals surface area (Å²) in [7, 11) is 0. The third-order valence-electron chi connectivity index (χ3n) is 11.7. The number of benzene rings is 10. The molecule has 0 saturated heterocycles. The molecular weight excluding hydrogens is 697 g/mol. The molecule has 0 aliphatic heterocycles. The van der Waals surface area contributed by atoms with E-state index in [1.54, 1.807) is 0 Å². The summed E-state index contributed by atoms with van der Waals surface area (Å²) in [6.07, 6.45) is 0. The predicted octanol–water partition coefficient (Wildman–Crippen LogP) is 16.1. The van der Waals surface area contributed by atoms with Crippen LogP contribution in [-0.4, -0.2) is 0 Å². The maximum absolute atomic E-state index is 6.63. The zero-order valence-electron chi connectivity index (χ0n) is 30.3. The molecule has 0 amide bonds. The molecule has 0 fully saturated rings. The van der Waals surface area contributed by atoms with E-state index in [0.29, 0.717) is 0 Å². The van der Waals surface area contributed by atoms with Crippen molar-refractivity contribution in [1.82, 2.24) is 0 Å². The summed E-state index contributed by atoms with van der Waals surface area (Å²) in [5.74, 6) is 0. The largest absolute Gasteiger partial charge is 0.456 e. The Morgan fingerprint density at radius 3 is 1.61 bits per heavy atom. The molecule has 12 aromatic rings. The van der Waals surface area contributed by atoms with Gasteiger partial charge in [-0.1, -0.05) is 158 Å². The maximum atomic E-state index is 6.63. The molecule has 0 N–H and O–H groups in total. The molecule has 56 heavy (non-hydrogen) atoms. The Bertz CT molecular complexity index is 3480. The van der Waals surface area contributed by atoms with Gasteiger partial charge in [0.2, 0.25) is 0 Å². The highest BCUT2D eigenvalue weighted by Gasteiger charge is 2.23. The van der Waals surface area contributed by atoms with Gasteiger partial charge in [0.25, 0.3) is 0 Å². The highest BCUT2D eigenvalue weighted by molar-refractivity contribution is 7.25. The molecular formula is C54H32OS. The smallest absolute Gasteiger partial charge is 0.136 e. The zero-order chi connectivity index (χ0) is 36.7. The van der Waals surface area contributed by atoms with Crippen molar-refractivity contribution >= 4 is 85.8 Å². The highest BCUT2D eigenvalue weighted by Crippen LogP contribution is 2.50. The minimum absolute atomic E-state index is 0.893. The molecule has 0 aliphatic carbocycles. The molecule has 0 bridgehead atoms. The van der Waals surface area contributed by atoms with E-state index in [2.05, 4.69) is 194 Å². The summed E-state index contributed by atoms with van der Waals surface area (Å²) in [6.45, 7) is 0. The highest BCUT2D eigenvalue weighted by atomic mass is 32.1. The lowest BCUT2D eigenvalue weighted by Crippen LogP contribution is -1.94. The van der Waals surface area contributed by atoms with E-state index < -0.39 is 0 Å². The predicted molar refractivity (Wildman–Crippen MR) is 241 cm³/mol. The molecule has 1 nitrogen and oxygen atoms in total. The van der Waals surface area contributed by atoms with Gasteiger partial charge in [0.05, 0.1) is 0 Å². The van der Waals surface area contributed by atoms with Gasteiger partial charge in [0, 0.05) is 30.9 Å². The van der Waals surface area contributed by atoms with Crippen LogP contribution in [0.15, 0.2) is 199 Å².